The largest absolute Gasteiger partial charge is 0.381 e. The standard InChI is InChI=1S/C13H19BrClN/c1-3-5-11(6-4-2)16-13-8-7-10(15)9-12(13)14/h7-9,11,16H,3-6H2,1-2H3. The Morgan fingerprint density at radius 1 is 1.25 bits per heavy atom. The summed E-state index contributed by atoms with van der Waals surface area (Å²) < 4.78 is 1.04. The van der Waals surface area contributed by atoms with Gasteiger partial charge in [-0.2, -0.15) is 0 Å². The maximum Gasteiger partial charge on any atom is 0.0487 e. The SMILES string of the molecule is CCCC(CCC)Nc1ccc(Cl)cc1Br. The highest BCUT2D eigenvalue weighted by atomic mass is 79.9. The summed E-state index contributed by atoms with van der Waals surface area (Å²) in [7, 11) is 0. The summed E-state index contributed by atoms with van der Waals surface area (Å²) >= 11 is 9.45. The summed E-state index contributed by atoms with van der Waals surface area (Å²) in [6.45, 7) is 4.45. The Balaban J connectivity index is 2.68. The first-order chi connectivity index (χ1) is 7.67. The van der Waals surface area contributed by atoms with Gasteiger partial charge < -0.3 is 5.32 Å². The molecule has 0 aliphatic rings. The molecule has 0 aliphatic heterocycles. The van der Waals surface area contributed by atoms with Crippen LogP contribution >= 0.6 is 27.5 Å². The molecule has 0 spiro atoms. The number of rotatable bonds is 6. The quantitative estimate of drug-likeness (QED) is 0.733. The smallest absolute Gasteiger partial charge is 0.0487 e. The Hall–Kier alpha value is -0.210. The Kier molecular flexibility index (Phi) is 6.22. The number of nitrogens with one attached hydrogen (secondary N) is 1. The predicted octanol–water partition coefficient (Wildman–Crippen LogP) is 5.48. The minimum Gasteiger partial charge on any atom is -0.381 e. The monoisotopic (exact) mass is 303 g/mol. The molecule has 0 bridgehead atoms. The average molecular weight is 305 g/mol. The van der Waals surface area contributed by atoms with Crippen molar-refractivity contribution in [3.8, 4) is 0 Å². The third kappa shape index (κ3) is 4.34. The molecule has 0 amide bonds. The molecule has 0 atom stereocenters. The number of benzene rings is 1. The molecule has 1 aromatic carbocycles. The van der Waals surface area contributed by atoms with Crippen molar-refractivity contribution < 1.29 is 0 Å². The molecule has 1 N–H and O–H groups in total. The van der Waals surface area contributed by atoms with Crippen LogP contribution in [0.15, 0.2) is 22.7 Å². The summed E-state index contributed by atoms with van der Waals surface area (Å²) in [6, 6.07) is 6.44. The van der Waals surface area contributed by atoms with Crippen molar-refractivity contribution in [2.75, 3.05) is 5.32 Å². The van der Waals surface area contributed by atoms with Crippen molar-refractivity contribution in [2.45, 2.75) is 45.6 Å². The maximum absolute atomic E-state index is 5.92. The van der Waals surface area contributed by atoms with Crippen LogP contribution in [0.5, 0.6) is 0 Å². The Labute approximate surface area is 112 Å². The van der Waals surface area contributed by atoms with E-state index in [1.54, 1.807) is 0 Å². The van der Waals surface area contributed by atoms with Gasteiger partial charge in [0.1, 0.15) is 0 Å². The van der Waals surface area contributed by atoms with Crippen molar-refractivity contribution in [1.82, 2.24) is 0 Å². The lowest BCUT2D eigenvalue weighted by atomic mass is 10.1. The van der Waals surface area contributed by atoms with Gasteiger partial charge in [-0.3, -0.25) is 0 Å². The third-order valence-corrected chi connectivity index (χ3v) is 3.46. The lowest BCUT2D eigenvalue weighted by Crippen LogP contribution is -2.19. The third-order valence-electron chi connectivity index (χ3n) is 2.57. The number of anilines is 1. The van der Waals surface area contributed by atoms with Crippen molar-refractivity contribution in [1.29, 1.82) is 0 Å². The zero-order valence-corrected chi connectivity index (χ0v) is 12.2. The van der Waals surface area contributed by atoms with E-state index in [9.17, 15) is 0 Å². The minimum absolute atomic E-state index is 0.562. The lowest BCUT2D eigenvalue weighted by molar-refractivity contribution is 0.586. The molecule has 1 nitrogen and oxygen atoms in total. The molecule has 16 heavy (non-hydrogen) atoms. The number of hydrogen-bond donors (Lipinski definition) is 1. The van der Waals surface area contributed by atoms with Gasteiger partial charge in [-0.25, -0.2) is 0 Å². The van der Waals surface area contributed by atoms with Gasteiger partial charge in [-0.05, 0) is 47.0 Å². The summed E-state index contributed by atoms with van der Waals surface area (Å²) in [5, 5.41) is 4.33. The fourth-order valence-electron chi connectivity index (χ4n) is 1.81. The van der Waals surface area contributed by atoms with Crippen LogP contribution < -0.4 is 5.32 Å². The summed E-state index contributed by atoms with van der Waals surface area (Å²) in [5.41, 5.74) is 1.14. The highest BCUT2D eigenvalue weighted by molar-refractivity contribution is 9.10. The second kappa shape index (κ2) is 7.18. The van der Waals surface area contributed by atoms with E-state index in [1.807, 2.05) is 18.2 Å². The molecule has 0 unspecified atom stereocenters. The first kappa shape index (κ1) is 13.9. The van der Waals surface area contributed by atoms with Crippen LogP contribution in [0.25, 0.3) is 0 Å². The molecule has 3 heteroatoms. The zero-order valence-electron chi connectivity index (χ0n) is 9.89. The van der Waals surface area contributed by atoms with E-state index in [0.717, 1.165) is 15.2 Å². The highest BCUT2D eigenvalue weighted by Crippen LogP contribution is 2.27. The van der Waals surface area contributed by atoms with Gasteiger partial charge in [0.2, 0.25) is 0 Å². The van der Waals surface area contributed by atoms with Crippen LogP contribution in [0, 0.1) is 0 Å². The van der Waals surface area contributed by atoms with Crippen molar-refractivity contribution in [3.05, 3.63) is 27.7 Å². The van der Waals surface area contributed by atoms with Gasteiger partial charge in [0, 0.05) is 21.2 Å². The fraction of sp³-hybridized carbons (Fsp3) is 0.538. The van der Waals surface area contributed by atoms with Crippen molar-refractivity contribution in [2.24, 2.45) is 0 Å². The first-order valence-corrected chi connectivity index (χ1v) is 7.06. The van der Waals surface area contributed by atoms with Crippen LogP contribution in [0.2, 0.25) is 5.02 Å². The van der Waals surface area contributed by atoms with E-state index >= 15 is 0 Å². The summed E-state index contributed by atoms with van der Waals surface area (Å²) in [5.74, 6) is 0. The molecule has 0 fully saturated rings. The summed E-state index contributed by atoms with van der Waals surface area (Å²) in [4.78, 5) is 0. The Morgan fingerprint density at radius 2 is 1.88 bits per heavy atom. The molecule has 90 valence electrons. The van der Waals surface area contributed by atoms with Gasteiger partial charge in [-0.1, -0.05) is 38.3 Å². The zero-order chi connectivity index (χ0) is 12.0. The second-order valence-electron chi connectivity index (χ2n) is 4.04. The molecule has 1 aromatic rings. The van der Waals surface area contributed by atoms with E-state index in [2.05, 4.69) is 35.1 Å². The lowest BCUT2D eigenvalue weighted by Gasteiger charge is -2.19. The Bertz CT molecular complexity index is 322. The molecule has 0 saturated carbocycles. The van der Waals surface area contributed by atoms with Gasteiger partial charge >= 0.3 is 0 Å². The van der Waals surface area contributed by atoms with Crippen LogP contribution in [0.4, 0.5) is 5.69 Å². The molecule has 0 radical (unpaired) electrons. The molecule has 0 aromatic heterocycles. The highest BCUT2D eigenvalue weighted by Gasteiger charge is 2.08. The molecular weight excluding hydrogens is 286 g/mol. The first-order valence-electron chi connectivity index (χ1n) is 5.89. The van der Waals surface area contributed by atoms with E-state index in [-0.39, 0.29) is 0 Å². The van der Waals surface area contributed by atoms with E-state index in [4.69, 9.17) is 11.6 Å². The van der Waals surface area contributed by atoms with Crippen LogP contribution in [-0.4, -0.2) is 6.04 Å². The average Bonchev–Trinajstić information content (AvgIpc) is 2.23. The van der Waals surface area contributed by atoms with Gasteiger partial charge in [0.05, 0.1) is 0 Å². The van der Waals surface area contributed by atoms with Crippen molar-refractivity contribution >= 4 is 33.2 Å². The van der Waals surface area contributed by atoms with E-state index in [0.29, 0.717) is 6.04 Å². The molecule has 0 heterocycles. The van der Waals surface area contributed by atoms with Crippen LogP contribution in [0.1, 0.15) is 39.5 Å². The number of halogens is 2. The van der Waals surface area contributed by atoms with Gasteiger partial charge in [-0.15, -0.1) is 0 Å². The minimum atomic E-state index is 0.562. The maximum atomic E-state index is 5.92. The van der Waals surface area contributed by atoms with E-state index < -0.39 is 0 Å². The predicted molar refractivity (Wildman–Crippen MR) is 76.4 cm³/mol. The summed E-state index contributed by atoms with van der Waals surface area (Å²) in [6.07, 6.45) is 4.84. The Morgan fingerprint density at radius 3 is 2.38 bits per heavy atom. The molecule has 0 aliphatic carbocycles. The van der Waals surface area contributed by atoms with Crippen LogP contribution in [-0.2, 0) is 0 Å². The number of hydrogen-bond acceptors (Lipinski definition) is 1. The topological polar surface area (TPSA) is 12.0 Å². The van der Waals surface area contributed by atoms with E-state index in [1.165, 1.54) is 25.7 Å². The fourth-order valence-corrected chi connectivity index (χ4v) is 2.61. The van der Waals surface area contributed by atoms with Crippen molar-refractivity contribution in [3.63, 3.8) is 0 Å². The second-order valence-corrected chi connectivity index (χ2v) is 5.33. The normalized spacial score (nSPS) is 10.8. The molecule has 0 saturated heterocycles. The molecule has 1 rings (SSSR count). The van der Waals surface area contributed by atoms with Crippen LogP contribution in [0.3, 0.4) is 0 Å². The van der Waals surface area contributed by atoms with Gasteiger partial charge in [0.25, 0.3) is 0 Å². The van der Waals surface area contributed by atoms with Gasteiger partial charge in [0.15, 0.2) is 0 Å². The molecular formula is C13H19BrClN.